The second-order valence-corrected chi connectivity index (χ2v) is 7.35. The van der Waals surface area contributed by atoms with E-state index >= 15 is 0 Å². The highest BCUT2D eigenvalue weighted by atomic mass is 35.5. The van der Waals surface area contributed by atoms with E-state index in [1.807, 2.05) is 41.9 Å². The van der Waals surface area contributed by atoms with Crippen molar-refractivity contribution in [1.29, 1.82) is 0 Å². The SMILES string of the molecule is Cc1nn(Cc2ccccc2Cl)c2sc(C(=O)NC3CC3)cc12. The number of nitrogens with zero attached hydrogens (tertiary/aromatic N) is 2. The fraction of sp³-hybridized carbons (Fsp3) is 0.294. The minimum absolute atomic E-state index is 0.0254. The summed E-state index contributed by atoms with van der Waals surface area (Å²) in [5.74, 6) is 0.0254. The summed E-state index contributed by atoms with van der Waals surface area (Å²) in [7, 11) is 0. The Morgan fingerprint density at radius 2 is 2.22 bits per heavy atom. The van der Waals surface area contributed by atoms with Crippen LogP contribution >= 0.6 is 22.9 Å². The van der Waals surface area contributed by atoms with Gasteiger partial charge in [-0.15, -0.1) is 11.3 Å². The smallest absolute Gasteiger partial charge is 0.261 e. The number of rotatable bonds is 4. The predicted molar refractivity (Wildman–Crippen MR) is 93.4 cm³/mol. The van der Waals surface area contributed by atoms with E-state index in [1.54, 1.807) is 0 Å². The molecule has 0 saturated heterocycles. The van der Waals surface area contributed by atoms with Crippen molar-refractivity contribution in [3.8, 4) is 0 Å². The molecule has 1 aliphatic carbocycles. The molecule has 118 valence electrons. The molecule has 3 aromatic rings. The molecule has 2 aromatic heterocycles. The summed E-state index contributed by atoms with van der Waals surface area (Å²) in [5, 5.41) is 9.41. The van der Waals surface area contributed by atoms with Gasteiger partial charge in [-0.05, 0) is 37.5 Å². The maximum atomic E-state index is 12.2. The van der Waals surface area contributed by atoms with Crippen LogP contribution in [0.3, 0.4) is 0 Å². The lowest BCUT2D eigenvalue weighted by atomic mass is 10.2. The Morgan fingerprint density at radius 3 is 2.96 bits per heavy atom. The van der Waals surface area contributed by atoms with Gasteiger partial charge in [-0.3, -0.25) is 9.48 Å². The Labute approximate surface area is 143 Å². The summed E-state index contributed by atoms with van der Waals surface area (Å²) in [5.41, 5.74) is 1.96. The summed E-state index contributed by atoms with van der Waals surface area (Å²) in [6.45, 7) is 2.58. The lowest BCUT2D eigenvalue weighted by Gasteiger charge is -2.05. The monoisotopic (exact) mass is 345 g/mol. The largest absolute Gasteiger partial charge is 0.349 e. The van der Waals surface area contributed by atoms with Gasteiger partial charge in [-0.2, -0.15) is 5.10 Å². The fourth-order valence-electron chi connectivity index (χ4n) is 2.60. The Balaban J connectivity index is 1.68. The van der Waals surface area contributed by atoms with Crippen molar-refractivity contribution in [2.75, 3.05) is 0 Å². The third-order valence-electron chi connectivity index (χ3n) is 4.02. The highest BCUT2D eigenvalue weighted by Gasteiger charge is 2.25. The Kier molecular flexibility index (Phi) is 3.62. The van der Waals surface area contributed by atoms with E-state index in [-0.39, 0.29) is 5.91 Å². The van der Waals surface area contributed by atoms with Gasteiger partial charge in [-0.25, -0.2) is 0 Å². The summed E-state index contributed by atoms with van der Waals surface area (Å²) < 4.78 is 1.93. The molecule has 4 nitrogen and oxygen atoms in total. The molecule has 0 aliphatic heterocycles. The third kappa shape index (κ3) is 2.86. The zero-order valence-corrected chi connectivity index (χ0v) is 14.2. The number of carbonyl (C=O) groups is 1. The molecule has 0 atom stereocenters. The number of thiophene rings is 1. The molecule has 2 heterocycles. The van der Waals surface area contributed by atoms with Crippen molar-refractivity contribution in [3.63, 3.8) is 0 Å². The molecule has 1 fully saturated rings. The van der Waals surface area contributed by atoms with Crippen molar-refractivity contribution < 1.29 is 4.79 Å². The number of aryl methyl sites for hydroxylation is 1. The van der Waals surface area contributed by atoms with Gasteiger partial charge in [-0.1, -0.05) is 29.8 Å². The highest BCUT2D eigenvalue weighted by molar-refractivity contribution is 7.20. The maximum absolute atomic E-state index is 12.2. The lowest BCUT2D eigenvalue weighted by molar-refractivity contribution is 0.0955. The molecule has 1 N–H and O–H groups in total. The molecule has 1 aliphatic rings. The van der Waals surface area contributed by atoms with Gasteiger partial charge < -0.3 is 5.32 Å². The van der Waals surface area contributed by atoms with Crippen LogP contribution in [0.25, 0.3) is 10.2 Å². The van der Waals surface area contributed by atoms with Crippen LogP contribution in [0.2, 0.25) is 5.02 Å². The number of amides is 1. The molecule has 1 aromatic carbocycles. The standard InChI is InChI=1S/C17H16ClN3OS/c1-10-13-8-15(16(22)19-12-6-7-12)23-17(13)21(20-10)9-11-4-2-3-5-14(11)18/h2-5,8,12H,6-7,9H2,1H3,(H,19,22). The van der Waals surface area contributed by atoms with Crippen molar-refractivity contribution in [3.05, 3.63) is 51.5 Å². The van der Waals surface area contributed by atoms with Gasteiger partial charge >= 0.3 is 0 Å². The number of fused-ring (bicyclic) bond motifs is 1. The molecule has 1 amide bonds. The van der Waals surface area contributed by atoms with Crippen molar-refractivity contribution >= 4 is 39.1 Å². The molecule has 4 rings (SSSR count). The quantitative estimate of drug-likeness (QED) is 0.776. The molecule has 0 spiro atoms. The Morgan fingerprint density at radius 1 is 1.43 bits per heavy atom. The number of carbonyl (C=O) groups excluding carboxylic acids is 1. The highest BCUT2D eigenvalue weighted by Crippen LogP contribution is 2.30. The third-order valence-corrected chi connectivity index (χ3v) is 5.54. The van der Waals surface area contributed by atoms with Crippen LogP contribution in [0, 0.1) is 6.92 Å². The van der Waals surface area contributed by atoms with Crippen LogP contribution in [0.1, 0.15) is 33.8 Å². The molecular weight excluding hydrogens is 330 g/mol. The van der Waals surface area contributed by atoms with E-state index in [9.17, 15) is 4.79 Å². The zero-order valence-electron chi connectivity index (χ0n) is 12.7. The second kappa shape index (κ2) is 5.65. The van der Waals surface area contributed by atoms with Gasteiger partial charge in [0.25, 0.3) is 5.91 Å². The summed E-state index contributed by atoms with van der Waals surface area (Å²) in [4.78, 5) is 14.0. The lowest BCUT2D eigenvalue weighted by Crippen LogP contribution is -2.24. The van der Waals surface area contributed by atoms with Gasteiger partial charge in [0, 0.05) is 16.5 Å². The van der Waals surface area contributed by atoms with E-state index in [1.165, 1.54) is 11.3 Å². The van der Waals surface area contributed by atoms with Crippen LogP contribution in [-0.2, 0) is 6.54 Å². The number of hydrogen-bond acceptors (Lipinski definition) is 3. The Hall–Kier alpha value is -1.85. The van der Waals surface area contributed by atoms with Gasteiger partial charge in [0.05, 0.1) is 17.1 Å². The topological polar surface area (TPSA) is 46.9 Å². The van der Waals surface area contributed by atoms with Gasteiger partial charge in [0.15, 0.2) is 0 Å². The van der Waals surface area contributed by atoms with Crippen molar-refractivity contribution in [2.45, 2.75) is 32.4 Å². The van der Waals surface area contributed by atoms with Gasteiger partial charge in [0.1, 0.15) is 4.83 Å². The fourth-order valence-corrected chi connectivity index (χ4v) is 3.86. The van der Waals surface area contributed by atoms with Crippen molar-refractivity contribution in [2.24, 2.45) is 0 Å². The molecular formula is C17H16ClN3OS. The van der Waals surface area contributed by atoms with E-state index in [4.69, 9.17) is 11.6 Å². The van der Waals surface area contributed by atoms with Crippen LogP contribution in [-0.4, -0.2) is 21.7 Å². The Bertz CT molecular complexity index is 895. The molecule has 0 bridgehead atoms. The number of nitrogens with one attached hydrogen (secondary N) is 1. The minimum Gasteiger partial charge on any atom is -0.349 e. The first-order valence-corrected chi connectivity index (χ1v) is 8.82. The molecule has 0 radical (unpaired) electrons. The first kappa shape index (κ1) is 14.7. The van der Waals surface area contributed by atoms with E-state index in [0.717, 1.165) is 44.2 Å². The molecule has 6 heteroatoms. The molecule has 1 saturated carbocycles. The molecule has 23 heavy (non-hydrogen) atoms. The van der Waals surface area contributed by atoms with Gasteiger partial charge in [0.2, 0.25) is 0 Å². The zero-order chi connectivity index (χ0) is 16.0. The maximum Gasteiger partial charge on any atom is 0.261 e. The summed E-state index contributed by atoms with van der Waals surface area (Å²) in [6.07, 6.45) is 2.19. The van der Waals surface area contributed by atoms with E-state index in [2.05, 4.69) is 10.4 Å². The van der Waals surface area contributed by atoms with E-state index < -0.39 is 0 Å². The average Bonchev–Trinajstić information content (AvgIpc) is 3.14. The number of halogens is 1. The number of benzene rings is 1. The summed E-state index contributed by atoms with van der Waals surface area (Å²) >= 11 is 7.74. The van der Waals surface area contributed by atoms with E-state index in [0.29, 0.717) is 12.6 Å². The second-order valence-electron chi connectivity index (χ2n) is 5.91. The molecule has 0 unspecified atom stereocenters. The van der Waals surface area contributed by atoms with Crippen LogP contribution in [0.5, 0.6) is 0 Å². The predicted octanol–water partition coefficient (Wildman–Crippen LogP) is 4.00. The number of hydrogen-bond donors (Lipinski definition) is 1. The summed E-state index contributed by atoms with van der Waals surface area (Å²) in [6, 6.07) is 10.1. The first-order chi connectivity index (χ1) is 11.1. The first-order valence-electron chi connectivity index (χ1n) is 7.63. The normalized spacial score (nSPS) is 14.3. The number of aromatic nitrogens is 2. The van der Waals surface area contributed by atoms with Crippen LogP contribution < -0.4 is 5.32 Å². The van der Waals surface area contributed by atoms with Crippen LogP contribution in [0.15, 0.2) is 30.3 Å². The minimum atomic E-state index is 0.0254. The van der Waals surface area contributed by atoms with Crippen molar-refractivity contribution in [1.82, 2.24) is 15.1 Å². The average molecular weight is 346 g/mol. The van der Waals surface area contributed by atoms with Crippen LogP contribution in [0.4, 0.5) is 0 Å².